The molecule has 8 heteroatoms. The summed E-state index contributed by atoms with van der Waals surface area (Å²) >= 11 is 0. The van der Waals surface area contributed by atoms with Crippen LogP contribution < -0.4 is 4.90 Å². The topological polar surface area (TPSA) is 76.4 Å². The molecule has 0 N–H and O–H groups in total. The minimum atomic E-state index is 0.0297. The van der Waals surface area contributed by atoms with Gasteiger partial charge in [0.25, 0.3) is 0 Å². The van der Waals surface area contributed by atoms with Crippen molar-refractivity contribution in [3.8, 4) is 5.82 Å². The number of carbonyl (C=O) groups excluding carboxylic acids is 1. The van der Waals surface area contributed by atoms with E-state index in [1.807, 2.05) is 23.2 Å². The largest absolute Gasteiger partial charge is 0.375 e. The van der Waals surface area contributed by atoms with Crippen molar-refractivity contribution in [2.45, 2.75) is 0 Å². The predicted octanol–water partition coefficient (Wildman–Crippen LogP) is -0.0427. The van der Waals surface area contributed by atoms with Crippen LogP contribution in [0.25, 0.3) is 5.82 Å². The molecule has 1 aliphatic heterocycles. The van der Waals surface area contributed by atoms with Gasteiger partial charge in [0, 0.05) is 51.7 Å². The Labute approximate surface area is 128 Å². The Bertz CT molecular complexity index is 622. The van der Waals surface area contributed by atoms with E-state index in [1.165, 1.54) is 13.4 Å². The van der Waals surface area contributed by atoms with Crippen LogP contribution >= 0.6 is 0 Å². The lowest BCUT2D eigenvalue weighted by Gasteiger charge is -2.35. The number of hydrogen-bond acceptors (Lipinski definition) is 6. The van der Waals surface area contributed by atoms with Gasteiger partial charge in [-0.05, 0) is 6.07 Å². The van der Waals surface area contributed by atoms with E-state index in [1.54, 1.807) is 10.9 Å². The summed E-state index contributed by atoms with van der Waals surface area (Å²) in [5, 5.41) is 4.17. The van der Waals surface area contributed by atoms with Gasteiger partial charge in [-0.25, -0.2) is 14.6 Å². The van der Waals surface area contributed by atoms with Crippen molar-refractivity contribution in [3.63, 3.8) is 0 Å². The molecule has 0 bridgehead atoms. The van der Waals surface area contributed by atoms with Crippen LogP contribution in [0.4, 0.5) is 5.82 Å². The summed E-state index contributed by atoms with van der Waals surface area (Å²) in [6, 6.07) is 3.75. The van der Waals surface area contributed by atoms with E-state index in [4.69, 9.17) is 4.74 Å². The molecule has 1 aliphatic rings. The van der Waals surface area contributed by atoms with Crippen LogP contribution in [0.2, 0.25) is 0 Å². The Balaban J connectivity index is 1.66. The first-order chi connectivity index (χ1) is 10.8. The molecule has 0 aromatic carbocycles. The average Bonchev–Trinajstić information content (AvgIpc) is 3.10. The second-order valence-corrected chi connectivity index (χ2v) is 4.99. The molecule has 0 radical (unpaired) electrons. The van der Waals surface area contributed by atoms with Gasteiger partial charge < -0.3 is 14.5 Å². The molecule has 22 heavy (non-hydrogen) atoms. The first kappa shape index (κ1) is 14.5. The van der Waals surface area contributed by atoms with Gasteiger partial charge in [-0.3, -0.25) is 4.79 Å². The van der Waals surface area contributed by atoms with Crippen LogP contribution in [0.3, 0.4) is 0 Å². The molecular formula is C14H18N6O2. The Morgan fingerprint density at radius 2 is 2.00 bits per heavy atom. The first-order valence-corrected chi connectivity index (χ1v) is 7.11. The number of methoxy groups -OCH3 is 1. The Morgan fingerprint density at radius 1 is 1.23 bits per heavy atom. The minimum Gasteiger partial charge on any atom is -0.375 e. The number of anilines is 1. The maximum atomic E-state index is 11.8. The number of rotatable bonds is 4. The summed E-state index contributed by atoms with van der Waals surface area (Å²) in [5.41, 5.74) is 0. The standard InChI is InChI=1S/C14H18N6O2/c1-22-10-14(21)19-7-5-18(6-8-19)12-9-13(16-11-15-12)20-4-2-3-17-20/h2-4,9,11H,5-8,10H2,1H3. The highest BCUT2D eigenvalue weighted by Crippen LogP contribution is 2.15. The summed E-state index contributed by atoms with van der Waals surface area (Å²) in [4.78, 5) is 24.3. The van der Waals surface area contributed by atoms with Crippen molar-refractivity contribution in [1.82, 2.24) is 24.6 Å². The van der Waals surface area contributed by atoms with Crippen molar-refractivity contribution in [2.24, 2.45) is 0 Å². The maximum absolute atomic E-state index is 11.8. The molecule has 116 valence electrons. The summed E-state index contributed by atoms with van der Waals surface area (Å²) in [7, 11) is 1.53. The van der Waals surface area contributed by atoms with Gasteiger partial charge in [0.15, 0.2) is 5.82 Å². The van der Waals surface area contributed by atoms with Crippen molar-refractivity contribution in [2.75, 3.05) is 44.8 Å². The fourth-order valence-corrected chi connectivity index (χ4v) is 2.44. The quantitative estimate of drug-likeness (QED) is 0.788. The highest BCUT2D eigenvalue weighted by Gasteiger charge is 2.22. The molecule has 0 atom stereocenters. The monoisotopic (exact) mass is 302 g/mol. The van der Waals surface area contributed by atoms with Gasteiger partial charge in [0.1, 0.15) is 18.8 Å². The molecule has 8 nitrogen and oxygen atoms in total. The summed E-state index contributed by atoms with van der Waals surface area (Å²) < 4.78 is 6.59. The summed E-state index contributed by atoms with van der Waals surface area (Å²) in [6.07, 6.45) is 5.09. The zero-order valence-electron chi connectivity index (χ0n) is 12.4. The lowest BCUT2D eigenvalue weighted by atomic mass is 10.3. The summed E-state index contributed by atoms with van der Waals surface area (Å²) in [6.45, 7) is 2.96. The third-order valence-electron chi connectivity index (χ3n) is 3.60. The van der Waals surface area contributed by atoms with Crippen LogP contribution in [-0.2, 0) is 9.53 Å². The fourth-order valence-electron chi connectivity index (χ4n) is 2.44. The lowest BCUT2D eigenvalue weighted by molar-refractivity contribution is -0.135. The number of nitrogens with zero attached hydrogens (tertiary/aromatic N) is 6. The van der Waals surface area contributed by atoms with Crippen molar-refractivity contribution >= 4 is 11.7 Å². The molecule has 0 saturated carbocycles. The zero-order valence-corrected chi connectivity index (χ0v) is 12.4. The van der Waals surface area contributed by atoms with Crippen LogP contribution in [0, 0.1) is 0 Å². The Hall–Kier alpha value is -2.48. The van der Waals surface area contributed by atoms with E-state index in [2.05, 4.69) is 20.0 Å². The van der Waals surface area contributed by atoms with Gasteiger partial charge in [0.2, 0.25) is 5.91 Å². The number of aromatic nitrogens is 4. The molecule has 0 unspecified atom stereocenters. The molecule has 2 aromatic rings. The van der Waals surface area contributed by atoms with Gasteiger partial charge in [-0.2, -0.15) is 5.10 Å². The first-order valence-electron chi connectivity index (χ1n) is 7.11. The average molecular weight is 302 g/mol. The number of amides is 1. The molecule has 3 heterocycles. The maximum Gasteiger partial charge on any atom is 0.248 e. The molecular weight excluding hydrogens is 284 g/mol. The zero-order chi connectivity index (χ0) is 15.4. The van der Waals surface area contributed by atoms with Crippen LogP contribution in [0.15, 0.2) is 30.9 Å². The van der Waals surface area contributed by atoms with E-state index in [0.717, 1.165) is 24.7 Å². The number of carbonyl (C=O) groups is 1. The van der Waals surface area contributed by atoms with E-state index in [0.29, 0.717) is 13.1 Å². The van der Waals surface area contributed by atoms with Crippen LogP contribution in [0.1, 0.15) is 0 Å². The van der Waals surface area contributed by atoms with Crippen molar-refractivity contribution < 1.29 is 9.53 Å². The van der Waals surface area contributed by atoms with Crippen molar-refractivity contribution in [3.05, 3.63) is 30.9 Å². The van der Waals surface area contributed by atoms with Crippen LogP contribution in [0.5, 0.6) is 0 Å². The predicted molar refractivity (Wildman–Crippen MR) is 79.8 cm³/mol. The second kappa shape index (κ2) is 6.52. The van der Waals surface area contributed by atoms with E-state index in [-0.39, 0.29) is 12.5 Å². The third kappa shape index (κ3) is 3.06. The number of ether oxygens (including phenoxy) is 1. The molecule has 1 saturated heterocycles. The van der Waals surface area contributed by atoms with E-state index in [9.17, 15) is 4.79 Å². The molecule has 0 spiro atoms. The Morgan fingerprint density at radius 3 is 2.68 bits per heavy atom. The van der Waals surface area contributed by atoms with Crippen LogP contribution in [-0.4, -0.2) is 70.5 Å². The van der Waals surface area contributed by atoms with Crippen molar-refractivity contribution in [1.29, 1.82) is 0 Å². The molecule has 1 amide bonds. The van der Waals surface area contributed by atoms with Gasteiger partial charge >= 0.3 is 0 Å². The lowest BCUT2D eigenvalue weighted by Crippen LogP contribution is -2.50. The van der Waals surface area contributed by atoms with E-state index < -0.39 is 0 Å². The molecule has 1 fully saturated rings. The highest BCUT2D eigenvalue weighted by atomic mass is 16.5. The summed E-state index contributed by atoms with van der Waals surface area (Å²) in [5.74, 6) is 1.61. The highest BCUT2D eigenvalue weighted by molar-refractivity contribution is 5.77. The normalized spacial score (nSPS) is 15.1. The SMILES string of the molecule is COCC(=O)N1CCN(c2cc(-n3cccn3)ncn2)CC1. The third-order valence-corrected chi connectivity index (χ3v) is 3.60. The smallest absolute Gasteiger partial charge is 0.248 e. The molecule has 3 rings (SSSR count). The second-order valence-electron chi connectivity index (χ2n) is 4.99. The Kier molecular flexibility index (Phi) is 4.29. The van der Waals surface area contributed by atoms with Gasteiger partial charge in [-0.15, -0.1) is 0 Å². The fraction of sp³-hybridized carbons (Fsp3) is 0.429. The van der Waals surface area contributed by atoms with Gasteiger partial charge in [0.05, 0.1) is 0 Å². The molecule has 2 aromatic heterocycles. The van der Waals surface area contributed by atoms with E-state index >= 15 is 0 Å². The number of piperazine rings is 1. The minimum absolute atomic E-state index is 0.0297. The molecule has 0 aliphatic carbocycles. The van der Waals surface area contributed by atoms with Gasteiger partial charge in [-0.1, -0.05) is 0 Å². The number of hydrogen-bond donors (Lipinski definition) is 0.